The Bertz CT molecular complexity index is 698. The van der Waals surface area contributed by atoms with Crippen LogP contribution in [0.3, 0.4) is 0 Å². The van der Waals surface area contributed by atoms with Crippen LogP contribution in [-0.4, -0.2) is 35.0 Å². The number of benzene rings is 1. The second-order valence-electron chi connectivity index (χ2n) is 6.93. The van der Waals surface area contributed by atoms with Crippen molar-refractivity contribution in [2.24, 2.45) is 0 Å². The quantitative estimate of drug-likeness (QED) is 0.545. The first-order valence-electron chi connectivity index (χ1n) is 9.46. The standard InChI is InChI=1S/C20H28N2O5/c1-3-20(4-2,13-19(25)26)22-18(24)6-5-11-27-15-8-9-16-14(12-15)7-10-17(23)21-16/h8-9,12H,3-7,10-11,13H2,1-2H3,(H,21,23)(H,22,24)(H,25,26). The Kier molecular flexibility index (Phi) is 7.21. The third-order valence-corrected chi connectivity index (χ3v) is 5.04. The second kappa shape index (κ2) is 9.39. The number of fused-ring (bicyclic) bond motifs is 1. The molecule has 0 atom stereocenters. The van der Waals surface area contributed by atoms with E-state index in [0.717, 1.165) is 11.3 Å². The monoisotopic (exact) mass is 376 g/mol. The summed E-state index contributed by atoms with van der Waals surface area (Å²) >= 11 is 0. The molecule has 2 rings (SSSR count). The van der Waals surface area contributed by atoms with Gasteiger partial charge in [0.15, 0.2) is 0 Å². The van der Waals surface area contributed by atoms with E-state index in [-0.39, 0.29) is 24.7 Å². The predicted octanol–water partition coefficient (Wildman–Crippen LogP) is 2.88. The largest absolute Gasteiger partial charge is 0.494 e. The number of carboxylic acid groups (broad SMARTS) is 1. The van der Waals surface area contributed by atoms with Gasteiger partial charge in [-0.2, -0.15) is 0 Å². The lowest BCUT2D eigenvalue weighted by Crippen LogP contribution is -2.49. The molecule has 1 aromatic rings. The van der Waals surface area contributed by atoms with Gasteiger partial charge in [-0.1, -0.05) is 13.8 Å². The molecule has 0 saturated heterocycles. The van der Waals surface area contributed by atoms with E-state index < -0.39 is 11.5 Å². The number of amides is 2. The highest BCUT2D eigenvalue weighted by molar-refractivity contribution is 5.94. The predicted molar refractivity (Wildman–Crippen MR) is 102 cm³/mol. The molecule has 2 amide bonds. The van der Waals surface area contributed by atoms with Crippen molar-refractivity contribution < 1.29 is 24.2 Å². The van der Waals surface area contributed by atoms with Gasteiger partial charge in [0.25, 0.3) is 0 Å². The molecule has 0 radical (unpaired) electrons. The summed E-state index contributed by atoms with van der Waals surface area (Å²) < 4.78 is 5.71. The summed E-state index contributed by atoms with van der Waals surface area (Å²) in [6.07, 6.45) is 3.06. The zero-order chi connectivity index (χ0) is 19.9. The van der Waals surface area contributed by atoms with E-state index in [4.69, 9.17) is 9.84 Å². The molecule has 0 unspecified atom stereocenters. The van der Waals surface area contributed by atoms with E-state index in [0.29, 0.717) is 44.5 Å². The van der Waals surface area contributed by atoms with Gasteiger partial charge in [0.2, 0.25) is 11.8 Å². The van der Waals surface area contributed by atoms with Crippen LogP contribution in [0.1, 0.15) is 57.9 Å². The number of rotatable bonds is 10. The molecule has 1 heterocycles. The lowest BCUT2D eigenvalue weighted by Gasteiger charge is -2.31. The topological polar surface area (TPSA) is 105 Å². The number of anilines is 1. The fourth-order valence-electron chi connectivity index (χ4n) is 3.24. The molecule has 148 valence electrons. The minimum Gasteiger partial charge on any atom is -0.494 e. The number of carbonyl (C=O) groups is 3. The van der Waals surface area contributed by atoms with Crippen LogP contribution in [-0.2, 0) is 20.8 Å². The maximum atomic E-state index is 12.2. The van der Waals surface area contributed by atoms with Crippen LogP contribution < -0.4 is 15.4 Å². The van der Waals surface area contributed by atoms with Crippen molar-refractivity contribution in [2.75, 3.05) is 11.9 Å². The third-order valence-electron chi connectivity index (χ3n) is 5.04. The number of aliphatic carboxylic acids is 1. The van der Waals surface area contributed by atoms with Gasteiger partial charge in [0.05, 0.1) is 13.0 Å². The maximum absolute atomic E-state index is 12.2. The number of aryl methyl sites for hydroxylation is 1. The molecule has 0 spiro atoms. The van der Waals surface area contributed by atoms with Crippen LogP contribution in [0.25, 0.3) is 0 Å². The van der Waals surface area contributed by atoms with E-state index in [1.165, 1.54) is 0 Å². The Morgan fingerprint density at radius 3 is 2.67 bits per heavy atom. The Morgan fingerprint density at radius 2 is 2.00 bits per heavy atom. The Balaban J connectivity index is 1.78. The molecule has 1 aliphatic rings. The zero-order valence-corrected chi connectivity index (χ0v) is 16.0. The minimum absolute atomic E-state index is 0.0281. The average Bonchev–Trinajstić information content (AvgIpc) is 2.64. The summed E-state index contributed by atoms with van der Waals surface area (Å²) in [6, 6.07) is 5.55. The SMILES string of the molecule is CCC(CC)(CC(=O)O)NC(=O)CCCOc1ccc2c(c1)CCC(=O)N2. The fraction of sp³-hybridized carbons (Fsp3) is 0.550. The first kappa shape index (κ1) is 20.7. The Morgan fingerprint density at radius 1 is 1.26 bits per heavy atom. The summed E-state index contributed by atoms with van der Waals surface area (Å²) in [5.41, 5.74) is 1.19. The van der Waals surface area contributed by atoms with Crippen molar-refractivity contribution in [1.82, 2.24) is 5.32 Å². The lowest BCUT2D eigenvalue weighted by atomic mass is 9.88. The number of hydrogen-bond acceptors (Lipinski definition) is 4. The van der Waals surface area contributed by atoms with Crippen LogP contribution in [0.2, 0.25) is 0 Å². The van der Waals surface area contributed by atoms with Crippen molar-refractivity contribution in [3.8, 4) is 5.75 Å². The number of carboxylic acids is 1. The zero-order valence-electron chi connectivity index (χ0n) is 16.0. The molecule has 1 aromatic carbocycles. The van der Waals surface area contributed by atoms with Gasteiger partial charge in [-0.15, -0.1) is 0 Å². The molecule has 7 heteroatoms. The molecule has 27 heavy (non-hydrogen) atoms. The molecule has 0 saturated carbocycles. The van der Waals surface area contributed by atoms with Gasteiger partial charge in [-0.3, -0.25) is 14.4 Å². The highest BCUT2D eigenvalue weighted by Crippen LogP contribution is 2.27. The fourth-order valence-corrected chi connectivity index (χ4v) is 3.24. The number of hydrogen-bond donors (Lipinski definition) is 3. The maximum Gasteiger partial charge on any atom is 0.305 e. The molecule has 0 fully saturated rings. The third kappa shape index (κ3) is 5.98. The first-order valence-corrected chi connectivity index (χ1v) is 9.46. The molecule has 0 aromatic heterocycles. The van der Waals surface area contributed by atoms with E-state index in [1.807, 2.05) is 26.0 Å². The molecule has 1 aliphatic heterocycles. The van der Waals surface area contributed by atoms with Crippen molar-refractivity contribution in [1.29, 1.82) is 0 Å². The smallest absolute Gasteiger partial charge is 0.305 e. The molecular weight excluding hydrogens is 348 g/mol. The summed E-state index contributed by atoms with van der Waals surface area (Å²) in [6.45, 7) is 4.16. The molecule has 0 bridgehead atoms. The molecule has 7 nitrogen and oxygen atoms in total. The number of ether oxygens (including phenoxy) is 1. The second-order valence-corrected chi connectivity index (χ2v) is 6.93. The minimum atomic E-state index is -0.911. The van der Waals surface area contributed by atoms with Gasteiger partial charge in [0.1, 0.15) is 5.75 Å². The number of carbonyl (C=O) groups excluding carboxylic acids is 2. The van der Waals surface area contributed by atoms with Gasteiger partial charge < -0.3 is 20.5 Å². The van der Waals surface area contributed by atoms with Crippen LogP contribution >= 0.6 is 0 Å². The summed E-state index contributed by atoms with van der Waals surface area (Å²) in [7, 11) is 0. The van der Waals surface area contributed by atoms with Gasteiger partial charge in [0, 0.05) is 24.1 Å². The van der Waals surface area contributed by atoms with Gasteiger partial charge >= 0.3 is 5.97 Å². The molecular formula is C20H28N2O5. The normalized spacial score (nSPS) is 13.5. The van der Waals surface area contributed by atoms with Crippen LogP contribution in [0, 0.1) is 0 Å². The van der Waals surface area contributed by atoms with Gasteiger partial charge in [-0.25, -0.2) is 0 Å². The Labute approximate surface area is 159 Å². The molecule has 3 N–H and O–H groups in total. The summed E-state index contributed by atoms with van der Waals surface area (Å²) in [5.74, 6) is -0.324. The van der Waals surface area contributed by atoms with E-state index in [2.05, 4.69) is 10.6 Å². The van der Waals surface area contributed by atoms with Crippen molar-refractivity contribution >= 4 is 23.5 Å². The number of nitrogens with one attached hydrogen (secondary N) is 2. The van der Waals surface area contributed by atoms with Crippen molar-refractivity contribution in [2.45, 2.75) is 64.3 Å². The van der Waals surface area contributed by atoms with Crippen LogP contribution in [0.15, 0.2) is 18.2 Å². The highest BCUT2D eigenvalue weighted by atomic mass is 16.5. The Hall–Kier alpha value is -2.57. The van der Waals surface area contributed by atoms with E-state index in [9.17, 15) is 14.4 Å². The highest BCUT2D eigenvalue weighted by Gasteiger charge is 2.30. The van der Waals surface area contributed by atoms with Crippen molar-refractivity contribution in [3.63, 3.8) is 0 Å². The summed E-state index contributed by atoms with van der Waals surface area (Å²) in [4.78, 5) is 34.6. The van der Waals surface area contributed by atoms with Crippen molar-refractivity contribution in [3.05, 3.63) is 23.8 Å². The van der Waals surface area contributed by atoms with E-state index in [1.54, 1.807) is 6.07 Å². The van der Waals surface area contributed by atoms with E-state index >= 15 is 0 Å². The van der Waals surface area contributed by atoms with Crippen LogP contribution in [0.4, 0.5) is 5.69 Å². The van der Waals surface area contributed by atoms with Gasteiger partial charge in [-0.05, 0) is 49.4 Å². The first-order chi connectivity index (χ1) is 12.9. The van der Waals surface area contributed by atoms with Crippen LogP contribution in [0.5, 0.6) is 5.75 Å². The summed E-state index contributed by atoms with van der Waals surface area (Å²) in [5, 5.41) is 14.8. The average molecular weight is 376 g/mol. The lowest BCUT2D eigenvalue weighted by molar-refractivity contribution is -0.139. The molecule has 0 aliphatic carbocycles.